The number of hydrogen-bond donors (Lipinski definition) is 3. The number of benzene rings is 3. The van der Waals surface area contributed by atoms with Crippen molar-refractivity contribution < 1.29 is 4.92 Å². The molecule has 0 bridgehead atoms. The standard InChI is InChI=1S/C24H21BrN8O2/c1-15-3-8-20(13-16(15)2)28-23-29-22(27-19-9-11-21(12-10-19)33(34)35)30-24(31-23)32-26-14-17-4-6-18(25)7-5-17/h3-14H,1-2H3,(H3,27,28,29,30,31,32). The van der Waals surface area contributed by atoms with E-state index in [1.54, 1.807) is 18.3 Å². The third-order valence-corrected chi connectivity index (χ3v) is 5.51. The van der Waals surface area contributed by atoms with Gasteiger partial charge in [-0.05, 0) is 66.9 Å². The third-order valence-electron chi connectivity index (χ3n) is 4.98. The molecule has 35 heavy (non-hydrogen) atoms. The zero-order valence-electron chi connectivity index (χ0n) is 18.9. The Morgan fingerprint density at radius 2 is 1.43 bits per heavy atom. The molecule has 0 aliphatic heterocycles. The lowest BCUT2D eigenvalue weighted by Gasteiger charge is -2.11. The predicted octanol–water partition coefficient (Wildman–Crippen LogP) is 6.09. The average Bonchev–Trinajstić information content (AvgIpc) is 2.83. The van der Waals surface area contributed by atoms with E-state index in [-0.39, 0.29) is 17.6 Å². The zero-order valence-corrected chi connectivity index (χ0v) is 20.4. The average molecular weight is 533 g/mol. The Kier molecular flexibility index (Phi) is 7.27. The van der Waals surface area contributed by atoms with Crippen molar-refractivity contribution in [3.8, 4) is 0 Å². The maximum absolute atomic E-state index is 10.9. The van der Waals surface area contributed by atoms with E-state index >= 15 is 0 Å². The van der Waals surface area contributed by atoms with Gasteiger partial charge < -0.3 is 10.6 Å². The quantitative estimate of drug-likeness (QED) is 0.141. The van der Waals surface area contributed by atoms with E-state index in [1.807, 2.05) is 56.3 Å². The highest BCUT2D eigenvalue weighted by Crippen LogP contribution is 2.22. The van der Waals surface area contributed by atoms with Gasteiger partial charge in [0.2, 0.25) is 17.8 Å². The summed E-state index contributed by atoms with van der Waals surface area (Å²) in [4.78, 5) is 23.7. The molecule has 0 saturated carbocycles. The van der Waals surface area contributed by atoms with E-state index in [4.69, 9.17) is 0 Å². The van der Waals surface area contributed by atoms with Crippen molar-refractivity contribution in [1.82, 2.24) is 15.0 Å². The molecular weight excluding hydrogens is 512 g/mol. The van der Waals surface area contributed by atoms with Crippen molar-refractivity contribution >= 4 is 57.1 Å². The fourth-order valence-corrected chi connectivity index (χ4v) is 3.26. The number of aromatic nitrogens is 3. The van der Waals surface area contributed by atoms with Crippen LogP contribution >= 0.6 is 15.9 Å². The molecule has 0 radical (unpaired) electrons. The fraction of sp³-hybridized carbons (Fsp3) is 0.0833. The normalized spacial score (nSPS) is 10.8. The maximum Gasteiger partial charge on any atom is 0.269 e. The highest BCUT2D eigenvalue weighted by atomic mass is 79.9. The second-order valence-corrected chi connectivity index (χ2v) is 8.50. The van der Waals surface area contributed by atoms with Gasteiger partial charge in [0.1, 0.15) is 0 Å². The first kappa shape index (κ1) is 23.8. The largest absolute Gasteiger partial charge is 0.324 e. The van der Waals surface area contributed by atoms with E-state index in [2.05, 4.69) is 52.0 Å². The Morgan fingerprint density at radius 3 is 2.06 bits per heavy atom. The number of nitro groups is 1. The van der Waals surface area contributed by atoms with Crippen LogP contribution < -0.4 is 16.1 Å². The Bertz CT molecular complexity index is 1380. The Labute approximate surface area is 209 Å². The second kappa shape index (κ2) is 10.7. The van der Waals surface area contributed by atoms with Crippen LogP contribution in [0.1, 0.15) is 16.7 Å². The van der Waals surface area contributed by atoms with Crippen LogP contribution in [0, 0.1) is 24.0 Å². The minimum Gasteiger partial charge on any atom is -0.324 e. The number of anilines is 5. The SMILES string of the molecule is Cc1ccc(Nc2nc(NN=Cc3ccc(Br)cc3)nc(Nc3ccc([N+](=O)[O-])cc3)n2)cc1C. The monoisotopic (exact) mass is 532 g/mol. The van der Waals surface area contributed by atoms with Gasteiger partial charge in [0.15, 0.2) is 0 Å². The molecule has 4 rings (SSSR count). The highest BCUT2D eigenvalue weighted by Gasteiger charge is 2.10. The molecule has 4 aromatic rings. The van der Waals surface area contributed by atoms with E-state index in [0.29, 0.717) is 11.6 Å². The summed E-state index contributed by atoms with van der Waals surface area (Å²) in [6, 6.07) is 19.6. The first-order valence-electron chi connectivity index (χ1n) is 10.5. The van der Waals surface area contributed by atoms with E-state index in [9.17, 15) is 10.1 Å². The predicted molar refractivity (Wildman–Crippen MR) is 141 cm³/mol. The van der Waals surface area contributed by atoms with Crippen LogP contribution in [0.25, 0.3) is 0 Å². The summed E-state index contributed by atoms with van der Waals surface area (Å²) in [7, 11) is 0. The highest BCUT2D eigenvalue weighted by molar-refractivity contribution is 9.10. The molecule has 0 aliphatic carbocycles. The lowest BCUT2D eigenvalue weighted by atomic mass is 10.1. The first-order chi connectivity index (χ1) is 16.9. The molecule has 1 heterocycles. The number of non-ortho nitro benzene ring substituents is 1. The molecule has 3 N–H and O–H groups in total. The van der Waals surface area contributed by atoms with Gasteiger partial charge in [-0.15, -0.1) is 0 Å². The van der Waals surface area contributed by atoms with Crippen molar-refractivity contribution in [2.45, 2.75) is 13.8 Å². The summed E-state index contributed by atoms with van der Waals surface area (Å²) >= 11 is 3.41. The minimum atomic E-state index is -0.455. The number of rotatable bonds is 8. The van der Waals surface area contributed by atoms with Crippen molar-refractivity contribution in [1.29, 1.82) is 0 Å². The van der Waals surface area contributed by atoms with Gasteiger partial charge >= 0.3 is 0 Å². The number of nitrogens with one attached hydrogen (secondary N) is 3. The van der Waals surface area contributed by atoms with Gasteiger partial charge in [0.25, 0.3) is 5.69 Å². The van der Waals surface area contributed by atoms with E-state index in [1.165, 1.54) is 17.7 Å². The van der Waals surface area contributed by atoms with Gasteiger partial charge in [0.05, 0.1) is 11.1 Å². The Balaban J connectivity index is 1.59. The van der Waals surface area contributed by atoms with Crippen molar-refractivity contribution in [3.63, 3.8) is 0 Å². The minimum absolute atomic E-state index is 0.00655. The summed E-state index contributed by atoms with van der Waals surface area (Å²) in [5, 5.41) is 21.4. The molecule has 3 aromatic carbocycles. The smallest absolute Gasteiger partial charge is 0.269 e. The topological polar surface area (TPSA) is 130 Å². The van der Waals surface area contributed by atoms with Gasteiger partial charge in [-0.3, -0.25) is 10.1 Å². The molecule has 176 valence electrons. The molecule has 1 aromatic heterocycles. The van der Waals surface area contributed by atoms with Crippen LogP contribution in [0.15, 0.2) is 76.3 Å². The number of nitro benzene ring substituents is 1. The van der Waals surface area contributed by atoms with Crippen LogP contribution in [0.2, 0.25) is 0 Å². The van der Waals surface area contributed by atoms with Crippen LogP contribution in [-0.4, -0.2) is 26.1 Å². The number of nitrogens with zero attached hydrogens (tertiary/aromatic N) is 5. The molecule has 0 aliphatic rings. The molecule has 0 fully saturated rings. The molecule has 0 spiro atoms. The lowest BCUT2D eigenvalue weighted by molar-refractivity contribution is -0.384. The number of halogens is 1. The van der Waals surface area contributed by atoms with E-state index < -0.39 is 4.92 Å². The van der Waals surface area contributed by atoms with Crippen LogP contribution in [0.5, 0.6) is 0 Å². The van der Waals surface area contributed by atoms with Gasteiger partial charge in [0, 0.05) is 28.0 Å². The number of hydrazone groups is 1. The summed E-state index contributed by atoms with van der Waals surface area (Å²) in [6.07, 6.45) is 1.65. The maximum atomic E-state index is 10.9. The summed E-state index contributed by atoms with van der Waals surface area (Å²) in [5.74, 6) is 0.750. The molecule has 0 saturated heterocycles. The first-order valence-corrected chi connectivity index (χ1v) is 11.3. The van der Waals surface area contributed by atoms with Gasteiger partial charge in [-0.1, -0.05) is 34.1 Å². The van der Waals surface area contributed by atoms with Crippen molar-refractivity contribution in [3.05, 3.63) is 98.0 Å². The number of hydrogen-bond acceptors (Lipinski definition) is 9. The van der Waals surface area contributed by atoms with Gasteiger partial charge in [-0.25, -0.2) is 5.43 Å². The molecule has 10 nitrogen and oxygen atoms in total. The summed E-state index contributed by atoms with van der Waals surface area (Å²) in [6.45, 7) is 4.07. The Morgan fingerprint density at radius 1 is 0.829 bits per heavy atom. The number of aryl methyl sites for hydroxylation is 2. The van der Waals surface area contributed by atoms with Crippen molar-refractivity contribution in [2.24, 2.45) is 5.10 Å². The molecular formula is C24H21BrN8O2. The third kappa shape index (κ3) is 6.58. The van der Waals surface area contributed by atoms with Crippen LogP contribution in [0.4, 0.5) is 34.9 Å². The molecule has 0 unspecified atom stereocenters. The van der Waals surface area contributed by atoms with Crippen LogP contribution in [0.3, 0.4) is 0 Å². The zero-order chi connectivity index (χ0) is 24.8. The van der Waals surface area contributed by atoms with Gasteiger partial charge in [-0.2, -0.15) is 20.1 Å². The molecule has 11 heteroatoms. The van der Waals surface area contributed by atoms with E-state index in [0.717, 1.165) is 21.3 Å². The lowest BCUT2D eigenvalue weighted by Crippen LogP contribution is -2.07. The van der Waals surface area contributed by atoms with Crippen molar-refractivity contribution in [2.75, 3.05) is 16.1 Å². The molecule has 0 atom stereocenters. The Hall–Kier alpha value is -4.38. The second-order valence-electron chi connectivity index (χ2n) is 7.58. The summed E-state index contributed by atoms with van der Waals surface area (Å²) in [5.41, 5.74) is 7.44. The molecule has 0 amide bonds. The fourth-order valence-electron chi connectivity index (χ4n) is 2.99. The summed E-state index contributed by atoms with van der Waals surface area (Å²) < 4.78 is 0.976. The van der Waals surface area contributed by atoms with Crippen LogP contribution in [-0.2, 0) is 0 Å².